The Bertz CT molecular complexity index is 561. The van der Waals surface area contributed by atoms with Gasteiger partial charge in [0.15, 0.2) is 0 Å². The maximum atomic E-state index is 12.7. The lowest BCUT2D eigenvalue weighted by Crippen LogP contribution is -2.48. The van der Waals surface area contributed by atoms with Crippen molar-refractivity contribution in [1.29, 1.82) is 0 Å². The monoisotopic (exact) mass is 416 g/mol. The first-order chi connectivity index (χ1) is 11.3. The zero-order chi connectivity index (χ0) is 17.2. The molecular formula is C17H25Cl2F3N2O2. The minimum atomic E-state index is -4.35. The number of benzene rings is 1. The Morgan fingerprint density at radius 3 is 2.50 bits per heavy atom. The van der Waals surface area contributed by atoms with E-state index < -0.39 is 17.3 Å². The molecule has 0 aromatic heterocycles. The number of ether oxygens (including phenoxy) is 1. The number of nitrogens with zero attached hydrogens (tertiary/aromatic N) is 1. The van der Waals surface area contributed by atoms with E-state index in [9.17, 15) is 18.3 Å². The number of rotatable bonds is 4. The third-order valence-corrected chi connectivity index (χ3v) is 4.74. The molecule has 0 bridgehead atoms. The molecule has 26 heavy (non-hydrogen) atoms. The van der Waals surface area contributed by atoms with E-state index in [0.29, 0.717) is 13.1 Å². The fraction of sp³-hybridized carbons (Fsp3) is 0.647. The number of aliphatic hydroxyl groups is 1. The molecule has 1 unspecified atom stereocenters. The summed E-state index contributed by atoms with van der Waals surface area (Å²) < 4.78 is 43.9. The van der Waals surface area contributed by atoms with Crippen molar-refractivity contribution >= 4 is 24.8 Å². The molecule has 0 saturated carbocycles. The summed E-state index contributed by atoms with van der Waals surface area (Å²) in [5.41, 5.74) is -1.34. The molecular weight excluding hydrogens is 392 g/mol. The van der Waals surface area contributed by atoms with Crippen LogP contribution in [0, 0.1) is 0 Å². The van der Waals surface area contributed by atoms with Gasteiger partial charge in [-0.15, -0.1) is 24.8 Å². The molecule has 4 nitrogen and oxygen atoms in total. The summed E-state index contributed by atoms with van der Waals surface area (Å²) in [4.78, 5) is 2.21. The standard InChI is InChI=1S/C17H23F3N2O2.2ClH/c18-17(19,20)13-2-1-3-15(10-13)24-14-4-8-22(9-5-14)12-16(23)6-7-21-11-16;;/h1-3,10,14,21,23H,4-9,11-12H2;2*1H. The number of likely N-dealkylation sites (tertiary alicyclic amines) is 1. The zero-order valence-electron chi connectivity index (χ0n) is 14.3. The number of alkyl halides is 3. The summed E-state index contributed by atoms with van der Waals surface area (Å²) >= 11 is 0. The van der Waals surface area contributed by atoms with Crippen LogP contribution in [0.2, 0.25) is 0 Å². The lowest BCUT2D eigenvalue weighted by Gasteiger charge is -2.36. The lowest BCUT2D eigenvalue weighted by molar-refractivity contribution is -0.137. The highest BCUT2D eigenvalue weighted by molar-refractivity contribution is 5.85. The third-order valence-electron chi connectivity index (χ3n) is 4.74. The van der Waals surface area contributed by atoms with Gasteiger partial charge in [0.1, 0.15) is 11.9 Å². The number of hydrogen-bond acceptors (Lipinski definition) is 4. The zero-order valence-corrected chi connectivity index (χ0v) is 15.9. The first-order valence-corrected chi connectivity index (χ1v) is 8.33. The molecule has 9 heteroatoms. The maximum Gasteiger partial charge on any atom is 0.416 e. The van der Waals surface area contributed by atoms with Crippen LogP contribution in [0.25, 0.3) is 0 Å². The summed E-state index contributed by atoms with van der Waals surface area (Å²) in [6.45, 7) is 3.66. The summed E-state index contributed by atoms with van der Waals surface area (Å²) in [6.07, 6.45) is -2.18. The second-order valence-electron chi connectivity index (χ2n) is 6.77. The number of halogens is 5. The topological polar surface area (TPSA) is 44.7 Å². The van der Waals surface area contributed by atoms with Gasteiger partial charge in [0, 0.05) is 26.2 Å². The minimum Gasteiger partial charge on any atom is -0.490 e. The van der Waals surface area contributed by atoms with Gasteiger partial charge in [-0.2, -0.15) is 13.2 Å². The van der Waals surface area contributed by atoms with E-state index in [1.807, 2.05) is 0 Å². The summed E-state index contributed by atoms with van der Waals surface area (Å²) in [5.74, 6) is 0.266. The average Bonchev–Trinajstić information content (AvgIpc) is 2.95. The molecule has 2 fully saturated rings. The van der Waals surface area contributed by atoms with Crippen molar-refractivity contribution in [2.75, 3.05) is 32.7 Å². The Morgan fingerprint density at radius 2 is 1.92 bits per heavy atom. The molecule has 2 N–H and O–H groups in total. The molecule has 2 heterocycles. The van der Waals surface area contributed by atoms with Crippen molar-refractivity contribution in [3.8, 4) is 5.75 Å². The minimum absolute atomic E-state index is 0. The van der Waals surface area contributed by atoms with Gasteiger partial charge in [-0.1, -0.05) is 6.07 Å². The first-order valence-electron chi connectivity index (χ1n) is 8.33. The van der Waals surface area contributed by atoms with E-state index in [1.165, 1.54) is 6.07 Å². The molecule has 2 saturated heterocycles. The quantitative estimate of drug-likeness (QED) is 0.791. The number of piperidine rings is 1. The molecule has 1 aromatic carbocycles. The van der Waals surface area contributed by atoms with Crippen LogP contribution < -0.4 is 10.1 Å². The predicted molar refractivity (Wildman–Crippen MR) is 98.5 cm³/mol. The number of β-amino-alcohol motifs (C(OH)–C–C–N with tert-alkyl or cyclic N) is 1. The molecule has 2 aliphatic rings. The third kappa shape index (κ3) is 6.16. The van der Waals surface area contributed by atoms with E-state index in [2.05, 4.69) is 10.2 Å². The highest BCUT2D eigenvalue weighted by Crippen LogP contribution is 2.32. The normalized spacial score (nSPS) is 24.6. The van der Waals surface area contributed by atoms with Crippen LogP contribution in [0.1, 0.15) is 24.8 Å². The van der Waals surface area contributed by atoms with Crippen LogP contribution >= 0.6 is 24.8 Å². The van der Waals surface area contributed by atoms with Crippen LogP contribution in [-0.2, 0) is 6.18 Å². The Morgan fingerprint density at radius 1 is 1.23 bits per heavy atom. The number of nitrogens with one attached hydrogen (secondary N) is 1. The van der Waals surface area contributed by atoms with Crippen molar-refractivity contribution in [1.82, 2.24) is 10.2 Å². The molecule has 1 atom stereocenters. The summed E-state index contributed by atoms with van der Waals surface area (Å²) in [5, 5.41) is 13.6. The molecule has 0 aliphatic carbocycles. The van der Waals surface area contributed by atoms with Crippen LogP contribution in [0.5, 0.6) is 5.75 Å². The smallest absolute Gasteiger partial charge is 0.416 e. The maximum absolute atomic E-state index is 12.7. The molecule has 1 aromatic rings. The van der Waals surface area contributed by atoms with Crippen LogP contribution in [0.15, 0.2) is 24.3 Å². The highest BCUT2D eigenvalue weighted by atomic mass is 35.5. The van der Waals surface area contributed by atoms with E-state index in [0.717, 1.165) is 51.0 Å². The summed E-state index contributed by atoms with van der Waals surface area (Å²) in [6, 6.07) is 5.04. The Kier molecular flexibility index (Phi) is 8.48. The first kappa shape index (κ1) is 23.3. The van der Waals surface area contributed by atoms with Gasteiger partial charge in [-0.05, 0) is 44.0 Å². The van der Waals surface area contributed by atoms with Gasteiger partial charge in [0.25, 0.3) is 0 Å². The fourth-order valence-corrected chi connectivity index (χ4v) is 3.41. The van der Waals surface area contributed by atoms with Gasteiger partial charge in [0.2, 0.25) is 0 Å². The molecule has 150 valence electrons. The van der Waals surface area contributed by atoms with Gasteiger partial charge in [-0.25, -0.2) is 0 Å². The second-order valence-corrected chi connectivity index (χ2v) is 6.77. The van der Waals surface area contributed by atoms with E-state index in [-0.39, 0.29) is 36.7 Å². The van der Waals surface area contributed by atoms with Crippen LogP contribution in [0.4, 0.5) is 13.2 Å². The Hall–Kier alpha value is -0.730. The van der Waals surface area contributed by atoms with E-state index in [4.69, 9.17) is 4.74 Å². The molecule has 0 radical (unpaired) electrons. The number of hydrogen-bond donors (Lipinski definition) is 2. The Balaban J connectivity index is 0.00000169. The fourth-order valence-electron chi connectivity index (χ4n) is 3.41. The molecule has 0 amide bonds. The molecule has 3 rings (SSSR count). The van der Waals surface area contributed by atoms with Gasteiger partial charge in [-0.3, -0.25) is 0 Å². The van der Waals surface area contributed by atoms with Gasteiger partial charge < -0.3 is 20.1 Å². The van der Waals surface area contributed by atoms with Crippen molar-refractivity contribution in [2.24, 2.45) is 0 Å². The van der Waals surface area contributed by atoms with Crippen molar-refractivity contribution in [2.45, 2.75) is 37.1 Å². The predicted octanol–water partition coefficient (Wildman–Crippen LogP) is 3.12. The second kappa shape index (κ2) is 9.46. The van der Waals surface area contributed by atoms with Gasteiger partial charge >= 0.3 is 6.18 Å². The van der Waals surface area contributed by atoms with Crippen molar-refractivity contribution < 1.29 is 23.0 Å². The highest BCUT2D eigenvalue weighted by Gasteiger charge is 2.34. The Labute approximate surface area is 163 Å². The van der Waals surface area contributed by atoms with Gasteiger partial charge in [0.05, 0.1) is 11.2 Å². The van der Waals surface area contributed by atoms with E-state index in [1.54, 1.807) is 6.07 Å². The molecule has 2 aliphatic heterocycles. The van der Waals surface area contributed by atoms with Crippen LogP contribution in [-0.4, -0.2) is 54.4 Å². The molecule has 0 spiro atoms. The van der Waals surface area contributed by atoms with Crippen molar-refractivity contribution in [3.05, 3.63) is 29.8 Å². The SMILES string of the molecule is Cl.Cl.OC1(CN2CCC(Oc3cccc(C(F)(F)F)c3)CC2)CCNC1. The average molecular weight is 417 g/mol. The van der Waals surface area contributed by atoms with Crippen molar-refractivity contribution in [3.63, 3.8) is 0 Å². The van der Waals surface area contributed by atoms with Crippen LogP contribution in [0.3, 0.4) is 0 Å². The largest absolute Gasteiger partial charge is 0.490 e. The van der Waals surface area contributed by atoms with E-state index >= 15 is 0 Å². The lowest BCUT2D eigenvalue weighted by atomic mass is 10.00. The summed E-state index contributed by atoms with van der Waals surface area (Å²) in [7, 11) is 0.